The molecule has 0 bridgehead atoms. The van der Waals surface area contributed by atoms with E-state index in [1.54, 1.807) is 0 Å². The lowest BCUT2D eigenvalue weighted by Gasteiger charge is -2.32. The quantitative estimate of drug-likeness (QED) is 0.869. The second kappa shape index (κ2) is 7.50. The first-order valence-electron chi connectivity index (χ1n) is 7.52. The molecule has 0 aromatic heterocycles. The molecule has 2 rings (SSSR count). The van der Waals surface area contributed by atoms with Crippen LogP contribution in [-0.4, -0.2) is 42.4 Å². The van der Waals surface area contributed by atoms with Crippen LogP contribution in [0.25, 0.3) is 0 Å². The van der Waals surface area contributed by atoms with Crippen LogP contribution in [0.4, 0.5) is 0 Å². The summed E-state index contributed by atoms with van der Waals surface area (Å²) >= 11 is 0. The van der Waals surface area contributed by atoms with Crippen molar-refractivity contribution in [3.05, 3.63) is 23.8 Å². The minimum atomic E-state index is 0.271. The number of hydrogen-bond donors (Lipinski definition) is 1. The van der Waals surface area contributed by atoms with Gasteiger partial charge in [0.15, 0.2) is 11.5 Å². The Labute approximate surface area is 121 Å². The molecule has 1 N–H and O–H groups in total. The van der Waals surface area contributed by atoms with Gasteiger partial charge in [-0.3, -0.25) is 4.90 Å². The second-order valence-corrected chi connectivity index (χ2v) is 5.15. The Morgan fingerprint density at radius 1 is 1.30 bits per heavy atom. The second-order valence-electron chi connectivity index (χ2n) is 5.15. The standard InChI is InChI=1S/C16H25NO3/c1-3-19-14-8-6-10-17(12-14)11-13-7-5-9-15(16(13)18)20-4-2/h5,7,9,14,18H,3-4,6,8,10-12H2,1-2H3. The van der Waals surface area contributed by atoms with E-state index in [-0.39, 0.29) is 5.75 Å². The summed E-state index contributed by atoms with van der Waals surface area (Å²) < 4.78 is 11.1. The maximum atomic E-state index is 10.2. The fourth-order valence-electron chi connectivity index (χ4n) is 2.74. The molecule has 0 aliphatic carbocycles. The Morgan fingerprint density at radius 2 is 2.15 bits per heavy atom. The van der Waals surface area contributed by atoms with Gasteiger partial charge in [-0.2, -0.15) is 0 Å². The summed E-state index contributed by atoms with van der Waals surface area (Å²) in [6, 6.07) is 5.70. The smallest absolute Gasteiger partial charge is 0.162 e. The van der Waals surface area contributed by atoms with E-state index in [1.807, 2.05) is 32.0 Å². The molecule has 1 atom stereocenters. The summed E-state index contributed by atoms with van der Waals surface area (Å²) in [5.74, 6) is 0.844. The van der Waals surface area contributed by atoms with Crippen LogP contribution in [-0.2, 0) is 11.3 Å². The molecule has 1 fully saturated rings. The molecule has 1 unspecified atom stereocenters. The molecular weight excluding hydrogens is 254 g/mol. The SMILES string of the molecule is CCOc1cccc(CN2CCCC(OCC)C2)c1O. The van der Waals surface area contributed by atoms with Crippen molar-refractivity contribution in [1.29, 1.82) is 0 Å². The van der Waals surface area contributed by atoms with E-state index in [0.717, 1.165) is 44.6 Å². The summed E-state index contributed by atoms with van der Waals surface area (Å²) in [4.78, 5) is 2.34. The van der Waals surface area contributed by atoms with E-state index in [2.05, 4.69) is 4.90 Å². The van der Waals surface area contributed by atoms with Gasteiger partial charge in [-0.05, 0) is 39.3 Å². The number of likely N-dealkylation sites (tertiary alicyclic amines) is 1. The number of rotatable bonds is 6. The van der Waals surface area contributed by atoms with Gasteiger partial charge in [0.05, 0.1) is 12.7 Å². The number of nitrogens with zero attached hydrogens (tertiary/aromatic N) is 1. The van der Waals surface area contributed by atoms with Gasteiger partial charge in [0.25, 0.3) is 0 Å². The number of benzene rings is 1. The van der Waals surface area contributed by atoms with E-state index in [1.165, 1.54) is 0 Å². The van der Waals surface area contributed by atoms with Crippen LogP contribution in [0, 0.1) is 0 Å². The molecule has 1 aromatic carbocycles. The van der Waals surface area contributed by atoms with E-state index in [9.17, 15) is 5.11 Å². The molecule has 1 saturated heterocycles. The van der Waals surface area contributed by atoms with Crippen LogP contribution in [0.15, 0.2) is 18.2 Å². The highest BCUT2D eigenvalue weighted by Gasteiger charge is 2.21. The van der Waals surface area contributed by atoms with Crippen molar-refractivity contribution in [2.45, 2.75) is 39.3 Å². The minimum Gasteiger partial charge on any atom is -0.504 e. The highest BCUT2D eigenvalue weighted by molar-refractivity contribution is 5.45. The van der Waals surface area contributed by atoms with Crippen LogP contribution in [0.3, 0.4) is 0 Å². The van der Waals surface area contributed by atoms with E-state index < -0.39 is 0 Å². The summed E-state index contributed by atoms with van der Waals surface area (Å²) in [5, 5.41) is 10.2. The largest absolute Gasteiger partial charge is 0.504 e. The maximum absolute atomic E-state index is 10.2. The normalized spacial score (nSPS) is 20.0. The molecule has 0 amide bonds. The average molecular weight is 279 g/mol. The van der Waals surface area contributed by atoms with Gasteiger partial charge in [-0.1, -0.05) is 12.1 Å². The maximum Gasteiger partial charge on any atom is 0.162 e. The predicted molar refractivity (Wildman–Crippen MR) is 79.2 cm³/mol. The Morgan fingerprint density at radius 3 is 2.90 bits per heavy atom. The summed E-state index contributed by atoms with van der Waals surface area (Å²) in [5.41, 5.74) is 0.924. The number of aromatic hydroxyl groups is 1. The monoisotopic (exact) mass is 279 g/mol. The van der Waals surface area contributed by atoms with Gasteiger partial charge in [0.1, 0.15) is 0 Å². The fourth-order valence-corrected chi connectivity index (χ4v) is 2.74. The summed E-state index contributed by atoms with van der Waals surface area (Å²) in [7, 11) is 0. The molecule has 4 nitrogen and oxygen atoms in total. The molecule has 20 heavy (non-hydrogen) atoms. The van der Waals surface area contributed by atoms with Gasteiger partial charge in [-0.15, -0.1) is 0 Å². The van der Waals surface area contributed by atoms with E-state index in [4.69, 9.17) is 9.47 Å². The fraction of sp³-hybridized carbons (Fsp3) is 0.625. The lowest BCUT2D eigenvalue weighted by atomic mass is 10.1. The summed E-state index contributed by atoms with van der Waals surface area (Å²) in [6.45, 7) is 8.03. The predicted octanol–water partition coefficient (Wildman–Crippen LogP) is 2.79. The Bertz CT molecular complexity index is 420. The zero-order valence-corrected chi connectivity index (χ0v) is 12.5. The van der Waals surface area contributed by atoms with Crippen molar-refractivity contribution in [2.75, 3.05) is 26.3 Å². The molecule has 0 saturated carbocycles. The van der Waals surface area contributed by atoms with Crippen LogP contribution in [0.2, 0.25) is 0 Å². The first-order chi connectivity index (χ1) is 9.74. The number of phenols is 1. The van der Waals surface area contributed by atoms with E-state index in [0.29, 0.717) is 18.5 Å². The zero-order chi connectivity index (χ0) is 14.4. The van der Waals surface area contributed by atoms with Crippen molar-refractivity contribution in [3.63, 3.8) is 0 Å². The number of phenolic OH excluding ortho intramolecular Hbond substituents is 1. The molecule has 1 aromatic rings. The Hall–Kier alpha value is -1.26. The minimum absolute atomic E-state index is 0.271. The van der Waals surface area contributed by atoms with Crippen molar-refractivity contribution >= 4 is 0 Å². The van der Waals surface area contributed by atoms with Crippen LogP contribution in [0.5, 0.6) is 11.5 Å². The number of hydrogen-bond acceptors (Lipinski definition) is 4. The van der Waals surface area contributed by atoms with Crippen LogP contribution in [0.1, 0.15) is 32.3 Å². The molecule has 0 spiro atoms. The summed E-state index contributed by atoms with van der Waals surface area (Å²) in [6.07, 6.45) is 2.61. The molecule has 1 aliphatic rings. The van der Waals surface area contributed by atoms with Crippen LogP contribution >= 0.6 is 0 Å². The molecule has 4 heteroatoms. The van der Waals surface area contributed by atoms with Crippen molar-refractivity contribution in [2.24, 2.45) is 0 Å². The third-order valence-corrected chi connectivity index (χ3v) is 3.64. The van der Waals surface area contributed by atoms with Crippen molar-refractivity contribution in [3.8, 4) is 11.5 Å². The third kappa shape index (κ3) is 3.87. The van der Waals surface area contributed by atoms with Gasteiger partial charge in [0.2, 0.25) is 0 Å². The zero-order valence-electron chi connectivity index (χ0n) is 12.5. The highest BCUT2D eigenvalue weighted by Crippen LogP contribution is 2.31. The topological polar surface area (TPSA) is 41.9 Å². The molecule has 112 valence electrons. The van der Waals surface area contributed by atoms with Gasteiger partial charge >= 0.3 is 0 Å². The number of para-hydroxylation sites is 1. The van der Waals surface area contributed by atoms with Crippen molar-refractivity contribution in [1.82, 2.24) is 4.90 Å². The van der Waals surface area contributed by atoms with Crippen LogP contribution < -0.4 is 4.74 Å². The molecule has 1 aliphatic heterocycles. The first-order valence-corrected chi connectivity index (χ1v) is 7.52. The number of piperidine rings is 1. The third-order valence-electron chi connectivity index (χ3n) is 3.64. The Balaban J connectivity index is 2.00. The molecule has 1 heterocycles. The van der Waals surface area contributed by atoms with Crippen molar-refractivity contribution < 1.29 is 14.6 Å². The van der Waals surface area contributed by atoms with E-state index >= 15 is 0 Å². The number of ether oxygens (including phenoxy) is 2. The molecular formula is C16H25NO3. The van der Waals surface area contributed by atoms with Gasteiger partial charge < -0.3 is 14.6 Å². The lowest BCUT2D eigenvalue weighted by Crippen LogP contribution is -2.39. The molecule has 0 radical (unpaired) electrons. The highest BCUT2D eigenvalue weighted by atomic mass is 16.5. The Kier molecular flexibility index (Phi) is 5.68. The average Bonchev–Trinajstić information content (AvgIpc) is 2.44. The lowest BCUT2D eigenvalue weighted by molar-refractivity contribution is 0.00344. The van der Waals surface area contributed by atoms with Gasteiger partial charge in [-0.25, -0.2) is 0 Å². The van der Waals surface area contributed by atoms with Gasteiger partial charge in [0, 0.05) is 25.3 Å². The first kappa shape index (κ1) is 15.1.